The molecule has 3 heterocycles. The van der Waals surface area contributed by atoms with Crippen molar-refractivity contribution in [2.75, 3.05) is 13.2 Å². The highest BCUT2D eigenvalue weighted by Gasteiger charge is 2.26. The first-order chi connectivity index (χ1) is 19.0. The lowest BCUT2D eigenvalue weighted by molar-refractivity contribution is 0.0596. The van der Waals surface area contributed by atoms with Gasteiger partial charge in [0.1, 0.15) is 11.4 Å². The normalized spacial score (nSPS) is 13.6. The molecule has 0 bridgehead atoms. The molecule has 2 aromatic heterocycles. The maximum atomic E-state index is 13.5. The van der Waals surface area contributed by atoms with Crippen LogP contribution in [0.15, 0.2) is 79.0 Å². The van der Waals surface area contributed by atoms with Crippen molar-refractivity contribution in [3.05, 3.63) is 101 Å². The van der Waals surface area contributed by atoms with Gasteiger partial charge in [-0.25, -0.2) is 4.68 Å². The maximum absolute atomic E-state index is 13.5. The molecule has 1 saturated heterocycles. The highest BCUT2D eigenvalue weighted by molar-refractivity contribution is 6.67. The number of H-pyrrole nitrogens is 1. The summed E-state index contributed by atoms with van der Waals surface area (Å²) in [4.78, 5) is 23.9. The van der Waals surface area contributed by atoms with E-state index in [0.717, 1.165) is 42.5 Å². The Morgan fingerprint density at radius 3 is 2.46 bits per heavy atom. The molecule has 0 radical (unpaired) electrons. The van der Waals surface area contributed by atoms with Crippen LogP contribution in [0.5, 0.6) is 0 Å². The lowest BCUT2D eigenvalue weighted by Gasteiger charge is -2.22. The average molecular weight is 562 g/mol. The maximum Gasteiger partial charge on any atom is 0.252 e. The molecule has 5 aromatic rings. The van der Waals surface area contributed by atoms with Crippen molar-refractivity contribution in [3.63, 3.8) is 0 Å². The molecule has 6 rings (SSSR count). The first-order valence-corrected chi connectivity index (χ1v) is 13.2. The van der Waals surface area contributed by atoms with E-state index in [0.29, 0.717) is 40.0 Å². The summed E-state index contributed by atoms with van der Waals surface area (Å²) in [5, 5.41) is 16.9. The van der Waals surface area contributed by atoms with E-state index >= 15 is 0 Å². The molecule has 198 valence electrons. The third-order valence-electron chi connectivity index (χ3n) is 6.52. The van der Waals surface area contributed by atoms with Gasteiger partial charge in [-0.2, -0.15) is 5.10 Å². The fourth-order valence-corrected chi connectivity index (χ4v) is 4.78. The van der Waals surface area contributed by atoms with Crippen LogP contribution in [0, 0.1) is 5.92 Å². The predicted octanol–water partition coefficient (Wildman–Crippen LogP) is 6.20. The third-order valence-corrected chi connectivity index (χ3v) is 6.98. The number of aromatic amines is 1. The summed E-state index contributed by atoms with van der Waals surface area (Å²) in [5.74, 6) is 0.257. The molecular weight excluding hydrogens is 537 g/mol. The minimum Gasteiger partial charge on any atom is -0.381 e. The van der Waals surface area contributed by atoms with Gasteiger partial charge in [0.2, 0.25) is 5.78 Å². The summed E-state index contributed by atoms with van der Waals surface area (Å²) < 4.78 is 7.21. The van der Waals surface area contributed by atoms with Crippen LogP contribution in [0.25, 0.3) is 22.2 Å². The Bertz CT molecular complexity index is 1590. The van der Waals surface area contributed by atoms with E-state index in [2.05, 4.69) is 20.5 Å². The molecule has 39 heavy (non-hydrogen) atoms. The van der Waals surface area contributed by atoms with Crippen LogP contribution in [0.2, 0.25) is 5.02 Å². The number of nitrogens with one attached hydrogen (secondary N) is 1. The van der Waals surface area contributed by atoms with Crippen LogP contribution < -0.4 is 0 Å². The van der Waals surface area contributed by atoms with Crippen LogP contribution in [-0.2, 0) is 11.3 Å². The fourth-order valence-electron chi connectivity index (χ4n) is 4.46. The van der Waals surface area contributed by atoms with Gasteiger partial charge in [0.05, 0.1) is 11.7 Å². The molecule has 0 aliphatic carbocycles. The Morgan fingerprint density at radius 1 is 0.974 bits per heavy atom. The van der Waals surface area contributed by atoms with E-state index in [-0.39, 0.29) is 5.78 Å². The first kappa shape index (κ1) is 26.7. The summed E-state index contributed by atoms with van der Waals surface area (Å²) in [6.45, 7) is 2.11. The van der Waals surface area contributed by atoms with E-state index in [1.54, 1.807) is 59.4 Å². The van der Waals surface area contributed by atoms with Gasteiger partial charge in [0.25, 0.3) is 5.24 Å². The molecule has 3 aromatic carbocycles. The number of fused-ring (bicyclic) bond motifs is 1. The number of ether oxygens (including phenoxy) is 1. The molecule has 1 fully saturated rings. The first-order valence-electron chi connectivity index (χ1n) is 12.5. The minimum atomic E-state index is -0.407. The van der Waals surface area contributed by atoms with Gasteiger partial charge in [0.15, 0.2) is 0 Å². The topological polar surface area (TPSA) is 103 Å². The van der Waals surface area contributed by atoms with E-state index in [4.69, 9.17) is 27.9 Å². The molecule has 0 unspecified atom stereocenters. The molecule has 0 atom stereocenters. The number of halogens is 2. The number of carbonyl (C=O) groups is 2. The molecule has 1 aliphatic heterocycles. The second-order valence-corrected chi connectivity index (χ2v) is 9.96. The predicted molar refractivity (Wildman–Crippen MR) is 150 cm³/mol. The lowest BCUT2D eigenvalue weighted by atomic mass is 9.99. The van der Waals surface area contributed by atoms with Crippen molar-refractivity contribution in [1.82, 2.24) is 25.2 Å². The Morgan fingerprint density at radius 2 is 1.74 bits per heavy atom. The summed E-state index contributed by atoms with van der Waals surface area (Å²) >= 11 is 11.3. The van der Waals surface area contributed by atoms with Crippen molar-refractivity contribution in [1.29, 1.82) is 0 Å². The van der Waals surface area contributed by atoms with E-state index < -0.39 is 5.24 Å². The zero-order chi connectivity index (χ0) is 27.2. The molecule has 1 aliphatic rings. The smallest absolute Gasteiger partial charge is 0.252 e. The standard InChI is InChI=1S/C22H20ClN5O2.C7H5ClO/c23-18-3-1-2-16(11-18)22(29)21-20(15-4-5-19-17(10-15)12-24-25-19)26-27-28(21)13-14-6-8-30-9-7-14;8-7(9)6-4-2-1-3-5-6/h1-5,10-12,14H,6-9,13H2,(H,24,25);1-5H. The van der Waals surface area contributed by atoms with Gasteiger partial charge in [-0.15, -0.1) is 5.10 Å². The van der Waals surface area contributed by atoms with Gasteiger partial charge in [-0.05, 0) is 54.6 Å². The van der Waals surface area contributed by atoms with Crippen LogP contribution in [0.3, 0.4) is 0 Å². The largest absolute Gasteiger partial charge is 0.381 e. The quantitative estimate of drug-likeness (QED) is 0.195. The van der Waals surface area contributed by atoms with Crippen molar-refractivity contribution >= 4 is 45.1 Å². The van der Waals surface area contributed by atoms with Crippen LogP contribution >= 0.6 is 23.2 Å². The molecular formula is C29H25Cl2N5O3. The summed E-state index contributed by atoms with van der Waals surface area (Å²) in [7, 11) is 0. The summed E-state index contributed by atoms with van der Waals surface area (Å²) in [6, 6.07) is 21.5. The molecule has 1 N–H and O–H groups in total. The Balaban J connectivity index is 0.000000292. The fraction of sp³-hybridized carbons (Fsp3) is 0.207. The number of aromatic nitrogens is 5. The van der Waals surface area contributed by atoms with E-state index in [9.17, 15) is 9.59 Å². The number of nitrogens with zero attached hydrogens (tertiary/aromatic N) is 4. The number of benzene rings is 3. The van der Waals surface area contributed by atoms with Gasteiger partial charge in [0, 0.05) is 46.9 Å². The van der Waals surface area contributed by atoms with E-state index in [1.165, 1.54) is 0 Å². The van der Waals surface area contributed by atoms with Crippen molar-refractivity contribution in [2.24, 2.45) is 5.92 Å². The zero-order valence-electron chi connectivity index (χ0n) is 20.9. The monoisotopic (exact) mass is 561 g/mol. The highest BCUT2D eigenvalue weighted by atomic mass is 35.5. The van der Waals surface area contributed by atoms with Gasteiger partial charge < -0.3 is 4.74 Å². The Labute approximate surface area is 234 Å². The van der Waals surface area contributed by atoms with Crippen LogP contribution in [-0.4, -0.2) is 49.4 Å². The lowest BCUT2D eigenvalue weighted by Crippen LogP contribution is -2.23. The van der Waals surface area contributed by atoms with Crippen molar-refractivity contribution in [2.45, 2.75) is 19.4 Å². The summed E-state index contributed by atoms with van der Waals surface area (Å²) in [5.41, 5.74) is 3.85. The second kappa shape index (κ2) is 12.3. The zero-order valence-corrected chi connectivity index (χ0v) is 22.4. The van der Waals surface area contributed by atoms with E-state index in [1.807, 2.05) is 24.3 Å². The molecule has 0 amide bonds. The SMILES string of the molecule is O=C(Cl)c1ccccc1.O=C(c1cccc(Cl)c1)c1c(-c2ccc3[nH]ncc3c2)nnn1CC1CCOCC1. The molecule has 0 saturated carbocycles. The van der Waals surface area contributed by atoms with Gasteiger partial charge >= 0.3 is 0 Å². The molecule has 8 nitrogen and oxygen atoms in total. The van der Waals surface area contributed by atoms with Crippen molar-refractivity contribution in [3.8, 4) is 11.3 Å². The summed E-state index contributed by atoms with van der Waals surface area (Å²) in [6.07, 6.45) is 3.64. The van der Waals surface area contributed by atoms with Crippen LogP contribution in [0.1, 0.15) is 39.3 Å². The second-order valence-electron chi connectivity index (χ2n) is 9.18. The Kier molecular flexibility index (Phi) is 8.46. The number of hydrogen-bond acceptors (Lipinski definition) is 6. The van der Waals surface area contributed by atoms with Gasteiger partial charge in [-0.3, -0.25) is 14.7 Å². The highest BCUT2D eigenvalue weighted by Crippen LogP contribution is 2.28. The third kappa shape index (κ3) is 6.42. The van der Waals surface area contributed by atoms with Crippen molar-refractivity contribution < 1.29 is 14.3 Å². The number of carbonyl (C=O) groups excluding carboxylic acids is 2. The number of hydrogen-bond donors (Lipinski definition) is 1. The van der Waals surface area contributed by atoms with Gasteiger partial charge in [-0.1, -0.05) is 65.3 Å². The number of rotatable bonds is 6. The Hall–Kier alpha value is -3.85. The van der Waals surface area contributed by atoms with Crippen LogP contribution in [0.4, 0.5) is 0 Å². The molecule has 0 spiro atoms. The number of ketones is 1. The average Bonchev–Trinajstić information content (AvgIpc) is 3.61. The molecule has 10 heteroatoms. The minimum absolute atomic E-state index is 0.142.